The molecule has 2 N–H and O–H groups in total. The third kappa shape index (κ3) is 5.59. The van der Waals surface area contributed by atoms with Gasteiger partial charge in [-0.3, -0.25) is 9.59 Å². The number of nitrogens with zero attached hydrogens (tertiary/aromatic N) is 3. The Morgan fingerprint density at radius 2 is 1.92 bits per heavy atom. The van der Waals surface area contributed by atoms with Gasteiger partial charge < -0.3 is 15.0 Å². The molecule has 8 heteroatoms. The third-order valence-corrected chi connectivity index (χ3v) is 4.65. The first-order chi connectivity index (χ1) is 12.4. The first-order valence-electron chi connectivity index (χ1n) is 8.41. The fourth-order valence-corrected chi connectivity index (χ4v) is 3.25. The molecule has 1 amide bonds. The van der Waals surface area contributed by atoms with Gasteiger partial charge in [0, 0.05) is 24.9 Å². The number of carbonyl (C=O) groups is 2. The lowest BCUT2D eigenvalue weighted by Gasteiger charge is -2.12. The highest BCUT2D eigenvalue weighted by Gasteiger charge is 2.16. The highest BCUT2D eigenvalue weighted by Crippen LogP contribution is 2.21. The van der Waals surface area contributed by atoms with Gasteiger partial charge >= 0.3 is 0 Å². The summed E-state index contributed by atoms with van der Waals surface area (Å²) < 4.78 is 7.07. The maximum absolute atomic E-state index is 12.4. The highest BCUT2D eigenvalue weighted by molar-refractivity contribution is 7.99. The highest BCUT2D eigenvalue weighted by atomic mass is 32.2. The third-order valence-electron chi connectivity index (χ3n) is 3.68. The quantitative estimate of drug-likeness (QED) is 0.505. The molecule has 1 aromatic carbocycles. The molecule has 0 aliphatic rings. The van der Waals surface area contributed by atoms with Crippen molar-refractivity contribution in [3.05, 3.63) is 35.7 Å². The summed E-state index contributed by atoms with van der Waals surface area (Å²) in [5.41, 5.74) is 5.85. The number of primary amides is 1. The zero-order valence-corrected chi connectivity index (χ0v) is 16.1. The monoisotopic (exact) mass is 376 g/mol. The van der Waals surface area contributed by atoms with Crippen LogP contribution in [-0.4, -0.2) is 39.3 Å². The molecule has 140 valence electrons. The fourth-order valence-electron chi connectivity index (χ4n) is 2.38. The number of aryl methyl sites for hydroxylation is 1. The minimum Gasteiger partial charge on any atom is -0.497 e. The molecule has 0 unspecified atom stereocenters. The number of rotatable bonds is 10. The van der Waals surface area contributed by atoms with Gasteiger partial charge in [0.05, 0.1) is 12.9 Å². The van der Waals surface area contributed by atoms with Gasteiger partial charge in [-0.05, 0) is 30.2 Å². The normalized spacial score (nSPS) is 10.9. The number of ether oxygens (including phenoxy) is 1. The number of aromatic nitrogens is 3. The molecule has 1 aromatic heterocycles. The molecule has 1 heterocycles. The van der Waals surface area contributed by atoms with Gasteiger partial charge in [0.15, 0.2) is 10.9 Å². The van der Waals surface area contributed by atoms with Crippen molar-refractivity contribution in [1.29, 1.82) is 0 Å². The Bertz CT molecular complexity index is 756. The standard InChI is InChI=1S/C18H24N4O3S/c1-12(2)10-22-17(9-8-16(19)24)20-21-18(22)26-11-15(23)13-4-6-14(25-3)7-5-13/h4-7,12H,8-11H2,1-3H3,(H2,19,24). The van der Waals surface area contributed by atoms with E-state index in [1.165, 1.54) is 11.8 Å². The zero-order valence-electron chi connectivity index (χ0n) is 15.3. The Kier molecular flexibility index (Phi) is 7.20. The van der Waals surface area contributed by atoms with Crippen molar-refractivity contribution in [3.8, 4) is 5.75 Å². The summed E-state index contributed by atoms with van der Waals surface area (Å²) in [6.45, 7) is 4.91. The zero-order chi connectivity index (χ0) is 19.1. The smallest absolute Gasteiger partial charge is 0.217 e. The van der Waals surface area contributed by atoms with Crippen LogP contribution in [0.15, 0.2) is 29.4 Å². The fraction of sp³-hybridized carbons (Fsp3) is 0.444. The number of Topliss-reactive ketones (excluding diaryl/α,β-unsaturated/α-hetero) is 1. The van der Waals surface area contributed by atoms with Crippen molar-refractivity contribution < 1.29 is 14.3 Å². The van der Waals surface area contributed by atoms with Crippen molar-refractivity contribution in [2.75, 3.05) is 12.9 Å². The van der Waals surface area contributed by atoms with E-state index in [0.717, 1.165) is 12.4 Å². The SMILES string of the molecule is COc1ccc(C(=O)CSc2nnc(CCC(N)=O)n2CC(C)C)cc1. The molecule has 0 saturated heterocycles. The number of amides is 1. The lowest BCUT2D eigenvalue weighted by atomic mass is 10.1. The van der Waals surface area contributed by atoms with E-state index in [-0.39, 0.29) is 23.9 Å². The molecule has 0 atom stereocenters. The summed E-state index contributed by atoms with van der Waals surface area (Å²) in [5.74, 6) is 1.72. The predicted octanol–water partition coefficient (Wildman–Crippen LogP) is 2.34. The second-order valence-electron chi connectivity index (χ2n) is 6.31. The molecule has 0 aliphatic carbocycles. The van der Waals surface area contributed by atoms with Gasteiger partial charge in [0.2, 0.25) is 5.91 Å². The molecule has 7 nitrogen and oxygen atoms in total. The van der Waals surface area contributed by atoms with Crippen LogP contribution in [0.4, 0.5) is 0 Å². The van der Waals surface area contributed by atoms with E-state index in [1.54, 1.807) is 31.4 Å². The molecule has 2 aromatic rings. The molecular weight excluding hydrogens is 352 g/mol. The molecule has 0 bridgehead atoms. The minimum absolute atomic E-state index is 0.00966. The Hall–Kier alpha value is -2.35. The average molecular weight is 376 g/mol. The van der Waals surface area contributed by atoms with Crippen molar-refractivity contribution in [2.45, 2.75) is 38.4 Å². The van der Waals surface area contributed by atoms with Crippen molar-refractivity contribution in [1.82, 2.24) is 14.8 Å². The van der Waals surface area contributed by atoms with Crippen molar-refractivity contribution in [2.24, 2.45) is 11.7 Å². The van der Waals surface area contributed by atoms with Crippen LogP contribution in [-0.2, 0) is 17.8 Å². The molecule has 0 radical (unpaired) electrons. The number of carbonyl (C=O) groups excluding carboxylic acids is 2. The minimum atomic E-state index is -0.368. The first-order valence-corrected chi connectivity index (χ1v) is 9.39. The molecular formula is C18H24N4O3S. The summed E-state index contributed by atoms with van der Waals surface area (Å²) in [4.78, 5) is 23.4. The molecule has 0 saturated carbocycles. The van der Waals surface area contributed by atoms with Crippen LogP contribution in [0.25, 0.3) is 0 Å². The maximum atomic E-state index is 12.4. The second kappa shape index (κ2) is 9.38. The average Bonchev–Trinajstić information content (AvgIpc) is 2.99. The Balaban J connectivity index is 2.07. The van der Waals surface area contributed by atoms with Crippen LogP contribution in [0.1, 0.15) is 36.5 Å². The van der Waals surface area contributed by atoms with Crippen LogP contribution in [0, 0.1) is 5.92 Å². The molecule has 26 heavy (non-hydrogen) atoms. The van der Waals surface area contributed by atoms with Gasteiger partial charge in [0.25, 0.3) is 0 Å². The van der Waals surface area contributed by atoms with Crippen LogP contribution >= 0.6 is 11.8 Å². The van der Waals surface area contributed by atoms with Crippen LogP contribution < -0.4 is 10.5 Å². The van der Waals surface area contributed by atoms with Crippen LogP contribution in [0.3, 0.4) is 0 Å². The van der Waals surface area contributed by atoms with E-state index < -0.39 is 0 Å². The first kappa shape index (κ1) is 20.0. The van der Waals surface area contributed by atoms with E-state index in [9.17, 15) is 9.59 Å². The molecule has 0 fully saturated rings. The number of hydrogen-bond acceptors (Lipinski definition) is 6. The Labute approximate surface area is 157 Å². The van der Waals surface area contributed by atoms with Gasteiger partial charge in [-0.2, -0.15) is 0 Å². The van der Waals surface area contributed by atoms with Gasteiger partial charge in [-0.1, -0.05) is 25.6 Å². The summed E-state index contributed by atoms with van der Waals surface area (Å²) in [6, 6.07) is 7.03. The molecule has 0 aliphatic heterocycles. The van der Waals surface area contributed by atoms with E-state index >= 15 is 0 Å². The summed E-state index contributed by atoms with van der Waals surface area (Å²) >= 11 is 1.35. The molecule has 0 spiro atoms. The number of ketones is 1. The topological polar surface area (TPSA) is 100 Å². The van der Waals surface area contributed by atoms with Crippen molar-refractivity contribution in [3.63, 3.8) is 0 Å². The van der Waals surface area contributed by atoms with Gasteiger partial charge in [-0.25, -0.2) is 0 Å². The van der Waals surface area contributed by atoms with E-state index in [1.807, 2.05) is 4.57 Å². The molecule has 2 rings (SSSR count). The number of benzene rings is 1. The number of thioether (sulfide) groups is 1. The van der Waals surface area contributed by atoms with Crippen molar-refractivity contribution >= 4 is 23.5 Å². The Morgan fingerprint density at radius 1 is 1.23 bits per heavy atom. The summed E-state index contributed by atoms with van der Waals surface area (Å²) in [5, 5.41) is 9.04. The summed E-state index contributed by atoms with van der Waals surface area (Å²) in [6.07, 6.45) is 0.674. The number of hydrogen-bond donors (Lipinski definition) is 1. The maximum Gasteiger partial charge on any atom is 0.217 e. The summed E-state index contributed by atoms with van der Waals surface area (Å²) in [7, 11) is 1.59. The van der Waals surface area contributed by atoms with E-state index in [4.69, 9.17) is 10.5 Å². The Morgan fingerprint density at radius 3 is 2.50 bits per heavy atom. The van der Waals surface area contributed by atoms with Crippen LogP contribution in [0.5, 0.6) is 5.75 Å². The second-order valence-corrected chi connectivity index (χ2v) is 7.25. The lowest BCUT2D eigenvalue weighted by Crippen LogP contribution is -2.15. The van der Waals surface area contributed by atoms with Gasteiger partial charge in [-0.15, -0.1) is 10.2 Å². The predicted molar refractivity (Wildman–Crippen MR) is 100 cm³/mol. The largest absolute Gasteiger partial charge is 0.497 e. The van der Waals surface area contributed by atoms with E-state index in [2.05, 4.69) is 24.0 Å². The van der Waals surface area contributed by atoms with Crippen LogP contribution in [0.2, 0.25) is 0 Å². The van der Waals surface area contributed by atoms with Gasteiger partial charge in [0.1, 0.15) is 11.6 Å². The number of nitrogens with two attached hydrogens (primary N) is 1. The lowest BCUT2D eigenvalue weighted by molar-refractivity contribution is -0.118. The van der Waals surface area contributed by atoms with E-state index in [0.29, 0.717) is 28.8 Å². The number of methoxy groups -OCH3 is 1.